The van der Waals surface area contributed by atoms with Gasteiger partial charge >= 0.3 is 0 Å². The molecule has 23 heavy (non-hydrogen) atoms. The molecule has 0 saturated carbocycles. The largest absolute Gasteiger partial charge is 0.493 e. The van der Waals surface area contributed by atoms with E-state index >= 15 is 0 Å². The first-order valence-corrected chi connectivity index (χ1v) is 9.00. The Morgan fingerprint density at radius 1 is 1.09 bits per heavy atom. The minimum absolute atomic E-state index is 0.500. The van der Waals surface area contributed by atoms with Crippen LogP contribution in [0.5, 0.6) is 11.5 Å². The zero-order valence-corrected chi connectivity index (χ0v) is 17.2. The van der Waals surface area contributed by atoms with Crippen molar-refractivity contribution in [1.29, 1.82) is 0 Å². The molecule has 0 aliphatic heterocycles. The molecule has 0 heterocycles. The van der Waals surface area contributed by atoms with Gasteiger partial charge in [-0.25, -0.2) is 0 Å². The van der Waals surface area contributed by atoms with Crippen molar-refractivity contribution in [3.63, 3.8) is 0 Å². The van der Waals surface area contributed by atoms with Crippen LogP contribution in [0.4, 0.5) is 0 Å². The zero-order valence-electron chi connectivity index (χ0n) is 14.0. The molecule has 128 valence electrons. The average Bonchev–Trinajstić information content (AvgIpc) is 2.44. The van der Waals surface area contributed by atoms with Crippen LogP contribution in [0.1, 0.15) is 31.4 Å². The third kappa shape index (κ3) is 8.42. The summed E-state index contributed by atoms with van der Waals surface area (Å²) in [5.41, 5.74) is 3.03. The monoisotopic (exact) mass is 447 g/mol. The molecule has 0 aliphatic carbocycles. The van der Waals surface area contributed by atoms with Gasteiger partial charge in [0.05, 0.1) is 15.7 Å². The lowest BCUT2D eigenvalue weighted by Gasteiger charge is -2.14. The van der Waals surface area contributed by atoms with Crippen molar-refractivity contribution in [2.24, 2.45) is 5.16 Å². The van der Waals surface area contributed by atoms with Crippen molar-refractivity contribution in [3.05, 3.63) is 32.7 Å². The van der Waals surface area contributed by atoms with Gasteiger partial charge < -0.3 is 14.3 Å². The summed E-state index contributed by atoms with van der Waals surface area (Å²) in [6, 6.07) is 3.97. The van der Waals surface area contributed by atoms with Gasteiger partial charge in [-0.15, -0.1) is 0 Å². The van der Waals surface area contributed by atoms with E-state index in [-0.39, 0.29) is 0 Å². The molecule has 0 unspecified atom stereocenters. The number of hydrogen-bond acceptors (Lipinski definition) is 4. The Kier molecular flexibility index (Phi) is 9.33. The lowest BCUT2D eigenvalue weighted by Crippen LogP contribution is -2.04. The van der Waals surface area contributed by atoms with E-state index in [0.29, 0.717) is 19.8 Å². The fourth-order valence-electron chi connectivity index (χ4n) is 1.89. The first-order valence-electron chi connectivity index (χ1n) is 7.41. The van der Waals surface area contributed by atoms with Gasteiger partial charge in [0.25, 0.3) is 0 Å². The lowest BCUT2D eigenvalue weighted by molar-refractivity contribution is 0.127. The van der Waals surface area contributed by atoms with Gasteiger partial charge in [-0.05, 0) is 88.9 Å². The molecule has 0 aliphatic rings. The highest BCUT2D eigenvalue weighted by Crippen LogP contribution is 2.28. The molecule has 6 heteroatoms. The number of ether oxygens (including phenoxy) is 2. The maximum absolute atomic E-state index is 5.86. The van der Waals surface area contributed by atoms with E-state index in [9.17, 15) is 0 Å². The molecule has 0 bridgehead atoms. The topological polar surface area (TPSA) is 40.0 Å². The predicted molar refractivity (Wildman–Crippen MR) is 102 cm³/mol. The van der Waals surface area contributed by atoms with Crippen LogP contribution in [0.2, 0.25) is 0 Å². The molecule has 0 fully saturated rings. The Labute approximate surface area is 155 Å². The van der Waals surface area contributed by atoms with Crippen molar-refractivity contribution < 1.29 is 14.3 Å². The highest BCUT2D eigenvalue weighted by atomic mass is 79.9. The highest BCUT2D eigenvalue weighted by Gasteiger charge is 2.07. The van der Waals surface area contributed by atoms with Gasteiger partial charge in [0.1, 0.15) is 24.7 Å². The SMILES string of the molecule is CC(C)=NOCCCOc1c(C)cc(OCC=C(Br)Br)cc1C. The number of halogens is 2. The summed E-state index contributed by atoms with van der Waals surface area (Å²) in [6.45, 7) is 9.50. The van der Waals surface area contributed by atoms with E-state index in [1.165, 1.54) is 0 Å². The molecule has 1 aromatic carbocycles. The third-order valence-corrected chi connectivity index (χ3v) is 3.44. The summed E-state index contributed by atoms with van der Waals surface area (Å²) < 4.78 is 12.4. The summed E-state index contributed by atoms with van der Waals surface area (Å²) in [6.07, 6.45) is 2.69. The van der Waals surface area contributed by atoms with Gasteiger partial charge in [0.15, 0.2) is 0 Å². The van der Waals surface area contributed by atoms with Crippen LogP contribution in [0.3, 0.4) is 0 Å². The number of hydrogen-bond donors (Lipinski definition) is 0. The van der Waals surface area contributed by atoms with Gasteiger partial charge in [-0.3, -0.25) is 0 Å². The van der Waals surface area contributed by atoms with E-state index in [0.717, 1.165) is 38.2 Å². The minimum atomic E-state index is 0.500. The normalized spacial score (nSPS) is 10.0. The van der Waals surface area contributed by atoms with Gasteiger partial charge in [-0.1, -0.05) is 5.16 Å². The van der Waals surface area contributed by atoms with Crippen LogP contribution in [0, 0.1) is 13.8 Å². The van der Waals surface area contributed by atoms with Crippen LogP contribution in [-0.2, 0) is 4.84 Å². The Balaban J connectivity index is 2.50. The van der Waals surface area contributed by atoms with Crippen LogP contribution in [0.15, 0.2) is 26.8 Å². The summed E-state index contributed by atoms with van der Waals surface area (Å²) >= 11 is 6.60. The molecule has 0 aromatic heterocycles. The van der Waals surface area contributed by atoms with Gasteiger partial charge in [-0.2, -0.15) is 0 Å². The molecule has 0 N–H and O–H groups in total. The van der Waals surface area contributed by atoms with Crippen molar-refractivity contribution in [1.82, 2.24) is 0 Å². The van der Waals surface area contributed by atoms with E-state index in [2.05, 4.69) is 37.0 Å². The number of rotatable bonds is 9. The molecule has 1 rings (SSSR count). The van der Waals surface area contributed by atoms with E-state index in [1.54, 1.807) is 0 Å². The molecule has 0 saturated heterocycles. The fraction of sp³-hybridized carbons (Fsp3) is 0.471. The Morgan fingerprint density at radius 2 is 1.74 bits per heavy atom. The van der Waals surface area contributed by atoms with Crippen molar-refractivity contribution in [2.75, 3.05) is 19.8 Å². The van der Waals surface area contributed by atoms with Crippen LogP contribution in [-0.4, -0.2) is 25.5 Å². The molecule has 0 radical (unpaired) electrons. The van der Waals surface area contributed by atoms with Crippen molar-refractivity contribution in [2.45, 2.75) is 34.1 Å². The quantitative estimate of drug-likeness (QED) is 0.284. The molecular formula is C17H23Br2NO3. The first kappa shape index (κ1) is 20.0. The van der Waals surface area contributed by atoms with E-state index in [4.69, 9.17) is 14.3 Å². The number of nitrogens with zero attached hydrogens (tertiary/aromatic N) is 1. The van der Waals surface area contributed by atoms with Gasteiger partial charge in [0.2, 0.25) is 0 Å². The molecular weight excluding hydrogens is 426 g/mol. The smallest absolute Gasteiger partial charge is 0.125 e. The predicted octanol–water partition coefficient (Wildman–Crippen LogP) is 5.49. The second kappa shape index (κ2) is 10.7. The molecule has 1 aromatic rings. The minimum Gasteiger partial charge on any atom is -0.493 e. The Morgan fingerprint density at radius 3 is 2.30 bits per heavy atom. The third-order valence-electron chi connectivity index (χ3n) is 2.79. The first-order chi connectivity index (χ1) is 10.9. The second-order valence-corrected chi connectivity index (χ2v) is 8.04. The highest BCUT2D eigenvalue weighted by molar-refractivity contribution is 9.28. The average molecular weight is 449 g/mol. The maximum Gasteiger partial charge on any atom is 0.125 e. The van der Waals surface area contributed by atoms with Crippen LogP contribution >= 0.6 is 31.9 Å². The zero-order chi connectivity index (χ0) is 17.2. The maximum atomic E-state index is 5.86. The molecule has 0 amide bonds. The van der Waals surface area contributed by atoms with Crippen molar-refractivity contribution in [3.8, 4) is 11.5 Å². The summed E-state index contributed by atoms with van der Waals surface area (Å²) in [5.74, 6) is 1.74. The summed E-state index contributed by atoms with van der Waals surface area (Å²) in [5, 5.41) is 3.89. The van der Waals surface area contributed by atoms with Crippen molar-refractivity contribution >= 4 is 37.6 Å². The number of benzene rings is 1. The van der Waals surface area contributed by atoms with Crippen LogP contribution < -0.4 is 9.47 Å². The summed E-state index contributed by atoms with van der Waals surface area (Å²) in [4.78, 5) is 5.15. The summed E-state index contributed by atoms with van der Waals surface area (Å²) in [7, 11) is 0. The van der Waals surface area contributed by atoms with Crippen LogP contribution in [0.25, 0.3) is 0 Å². The lowest BCUT2D eigenvalue weighted by atomic mass is 10.1. The van der Waals surface area contributed by atoms with E-state index < -0.39 is 0 Å². The number of oxime groups is 1. The second-order valence-electron chi connectivity index (χ2n) is 5.26. The molecule has 4 nitrogen and oxygen atoms in total. The number of aryl methyl sites for hydroxylation is 2. The van der Waals surface area contributed by atoms with Gasteiger partial charge in [0, 0.05) is 6.42 Å². The molecule has 0 spiro atoms. The van der Waals surface area contributed by atoms with E-state index in [1.807, 2.05) is 45.9 Å². The standard InChI is InChI=1S/C17H23Br2NO3/c1-12(2)20-23-8-5-7-22-17-13(3)10-15(11-14(17)4)21-9-6-16(18)19/h6,10-11H,5,7-9H2,1-4H3. The molecule has 0 atom stereocenters. The Hall–Kier alpha value is -1.01. The fourth-order valence-corrected chi connectivity index (χ4v) is 2.16. The Bertz CT molecular complexity index is 540.